The van der Waals surface area contributed by atoms with Gasteiger partial charge < -0.3 is 111 Å². The summed E-state index contributed by atoms with van der Waals surface area (Å²) < 4.78 is 0. The van der Waals surface area contributed by atoms with Crippen LogP contribution in [0.4, 0.5) is 0 Å². The third-order valence-corrected chi connectivity index (χ3v) is 24.1. The van der Waals surface area contributed by atoms with Gasteiger partial charge in [0.1, 0.15) is 66.5 Å². The van der Waals surface area contributed by atoms with E-state index in [0.29, 0.717) is 101 Å². The molecule has 4 unspecified atom stereocenters. The van der Waals surface area contributed by atoms with Crippen LogP contribution in [0.2, 0.25) is 0 Å². The van der Waals surface area contributed by atoms with Crippen molar-refractivity contribution in [1.82, 2.24) is 79.8 Å². The van der Waals surface area contributed by atoms with E-state index in [1.807, 2.05) is 24.3 Å². The standard InChI is InChI=1S/C76H126N16O17S2/c1-8-12-52-66(100)84-54(25-28-93)67(101)85-55(31-43-17-21-49(96)22-18-43)69(103)83-53(13-9-2)68(102)91-62(42(4)95)74(108)89-59(64(77)99)39-111-38-46-15-10-14-45(30-46)37-110-29-26-60(98)90-63(76(5,6)7)75(109)88-56(32-44-19-23-50(97)24-20-44)70(104)86-58(34-48-36-78-40-81-48)72(106)92-61(41(3)94)73(107)87-57(71(105)82-52)33-47-35-80-65-51(47)16-11-27-79-65/h10,14-15,30,41-44,47-59,61-63,65,78-81,93-97H,8-9,11-13,16-29,31-40H2,1-7H3,(H2,77,99)(H,82,105)(H,83,103)(H,84,100)(H,85,101)(H,86,104)(H,87,107)(H,88,109)(H,89,108)(H,90,98)(H,91,102)(H,92,106)/t41-,42-,43?,44?,47?,48?,49?,50?,51?,52+,53+,54+,55+,56+,57+,58+,59+,61+,62+,63-,65?/m1/s1. The van der Waals surface area contributed by atoms with Gasteiger partial charge in [0.25, 0.3) is 0 Å². The van der Waals surface area contributed by atoms with E-state index in [-0.39, 0.29) is 87.0 Å². The molecule has 0 aromatic heterocycles. The second-order valence-electron chi connectivity index (χ2n) is 32.2. The monoisotopic (exact) mass is 1600 g/mol. The van der Waals surface area contributed by atoms with Crippen molar-refractivity contribution in [2.24, 2.45) is 34.8 Å². The maximum absolute atomic E-state index is 15.1. The first-order valence-electron chi connectivity index (χ1n) is 39.9. The van der Waals surface area contributed by atoms with Crippen molar-refractivity contribution in [2.45, 2.75) is 291 Å². The predicted octanol–water partition coefficient (Wildman–Crippen LogP) is -2.11. The normalized spacial score (nSPS) is 32.9. The van der Waals surface area contributed by atoms with E-state index in [1.54, 1.807) is 34.6 Å². The van der Waals surface area contributed by atoms with Crippen LogP contribution in [0.5, 0.6) is 0 Å². The molecule has 35 heteroatoms. The summed E-state index contributed by atoms with van der Waals surface area (Å²) in [5, 5.41) is 97.4. The van der Waals surface area contributed by atoms with E-state index in [9.17, 15) is 73.5 Å². The molecule has 22 N–H and O–H groups in total. The predicted molar refractivity (Wildman–Crippen MR) is 418 cm³/mol. The van der Waals surface area contributed by atoms with Gasteiger partial charge in [-0.05, 0) is 176 Å². The number of nitrogens with two attached hydrogens (primary N) is 1. The molecule has 3 saturated heterocycles. The van der Waals surface area contributed by atoms with Crippen LogP contribution in [0.3, 0.4) is 0 Å². The Balaban J connectivity index is 1.21. The molecule has 1 aromatic carbocycles. The van der Waals surface area contributed by atoms with Crippen molar-refractivity contribution >= 4 is 94.4 Å². The number of aliphatic hydroxyl groups excluding tert-OH is 5. The Bertz CT molecular complexity index is 3260. The SMILES string of the molecule is CCC[C@@H]1NC(=O)[C@H](CC2CNC3NCCCC23)NC(=O)[C@H]([C@@H](C)O)NC(=O)[C@H](CC2CNCN2)NC(=O)[C@H](CC2CCC(O)CC2)NC(=O)[C@H](C(C)(C)C)NC(=O)CCSCc2cccc(c2)CSC[C@@H](C(N)=O)NC(=O)[C@H]([C@@H](C)O)NC(=O)[C@H](CCC)NC(=O)[C@H](CC2CCC(O)CC2)NC(=O)[C@H](CCO)NC1=O. The number of benzene rings is 1. The minimum Gasteiger partial charge on any atom is -0.396 e. The first-order valence-corrected chi connectivity index (χ1v) is 42.2. The third kappa shape index (κ3) is 29.2. The van der Waals surface area contributed by atoms with Gasteiger partial charge in [-0.3, -0.25) is 57.5 Å². The molecule has 111 heavy (non-hydrogen) atoms. The molecule has 4 heterocycles. The molecule has 0 radical (unpaired) electrons. The largest absolute Gasteiger partial charge is 0.396 e. The Morgan fingerprint density at radius 1 is 0.532 bits per heavy atom. The number of piperidine rings is 1. The van der Waals surface area contributed by atoms with Crippen molar-refractivity contribution in [3.8, 4) is 0 Å². The van der Waals surface area contributed by atoms with Crippen LogP contribution in [0, 0.1) is 29.1 Å². The molecule has 6 aliphatic rings. The number of thioether (sulfide) groups is 2. The Morgan fingerprint density at radius 2 is 0.991 bits per heavy atom. The summed E-state index contributed by atoms with van der Waals surface area (Å²) in [7, 11) is 0. The molecule has 33 nitrogen and oxygen atoms in total. The molecule has 17 atom stereocenters. The molecule has 12 amide bonds. The Hall–Kier alpha value is -6.80. The molecule has 5 fully saturated rings. The van der Waals surface area contributed by atoms with Crippen LogP contribution in [0.1, 0.15) is 188 Å². The summed E-state index contributed by atoms with van der Waals surface area (Å²) in [5.41, 5.74) is 6.71. The van der Waals surface area contributed by atoms with Crippen LogP contribution < -0.4 is 85.5 Å². The Morgan fingerprint density at radius 3 is 1.49 bits per heavy atom. The van der Waals surface area contributed by atoms with Gasteiger partial charge in [0.05, 0.1) is 30.6 Å². The fourth-order valence-electron chi connectivity index (χ4n) is 15.5. The summed E-state index contributed by atoms with van der Waals surface area (Å²) in [5.74, 6) is -9.25. The van der Waals surface area contributed by atoms with E-state index in [1.165, 1.54) is 37.4 Å². The lowest BCUT2D eigenvalue weighted by Crippen LogP contribution is -2.63. The maximum atomic E-state index is 15.1. The number of rotatable bonds is 17. The average Bonchev–Trinajstić information content (AvgIpc) is 1.75. The van der Waals surface area contributed by atoms with E-state index < -0.39 is 180 Å². The van der Waals surface area contributed by atoms with Gasteiger partial charge in [0.15, 0.2) is 0 Å². The zero-order valence-electron chi connectivity index (χ0n) is 65.5. The van der Waals surface area contributed by atoms with Gasteiger partial charge in [-0.2, -0.15) is 23.5 Å². The van der Waals surface area contributed by atoms with Gasteiger partial charge in [-0.15, -0.1) is 0 Å². The molecule has 4 aliphatic heterocycles. The highest BCUT2D eigenvalue weighted by atomic mass is 32.2. The quantitative estimate of drug-likeness (QED) is 0.0794. The number of aliphatic hydroxyl groups is 5. The molecular weight excluding hydrogens is 1470 g/mol. The zero-order chi connectivity index (χ0) is 81.1. The highest BCUT2D eigenvalue weighted by Gasteiger charge is 2.44. The van der Waals surface area contributed by atoms with Crippen LogP contribution in [0.15, 0.2) is 24.3 Å². The van der Waals surface area contributed by atoms with Crippen molar-refractivity contribution in [3.05, 3.63) is 35.4 Å². The molecule has 2 aliphatic carbocycles. The Labute approximate surface area is 660 Å². The van der Waals surface area contributed by atoms with Crippen molar-refractivity contribution in [1.29, 1.82) is 0 Å². The smallest absolute Gasteiger partial charge is 0.245 e. The van der Waals surface area contributed by atoms with Crippen molar-refractivity contribution in [3.63, 3.8) is 0 Å². The van der Waals surface area contributed by atoms with Crippen LogP contribution in [0.25, 0.3) is 0 Å². The number of nitrogens with one attached hydrogen (secondary N) is 15. The minimum atomic E-state index is -1.75. The van der Waals surface area contributed by atoms with Crippen molar-refractivity contribution in [2.75, 3.05) is 44.4 Å². The third-order valence-electron chi connectivity index (χ3n) is 22.0. The molecule has 624 valence electrons. The second-order valence-corrected chi connectivity index (χ2v) is 34.3. The topological polar surface area (TPSA) is 512 Å². The molecule has 0 spiro atoms. The van der Waals surface area contributed by atoms with Crippen LogP contribution in [-0.4, -0.2) is 244 Å². The van der Waals surface area contributed by atoms with Crippen molar-refractivity contribution < 1.29 is 83.1 Å². The number of carbonyl (C=O) groups excluding carboxylic acids is 12. The lowest BCUT2D eigenvalue weighted by Gasteiger charge is -2.34. The maximum Gasteiger partial charge on any atom is 0.245 e. The first kappa shape index (κ1) is 91.4. The van der Waals surface area contributed by atoms with Gasteiger partial charge in [0.2, 0.25) is 70.9 Å². The number of carbonyl (C=O) groups is 12. The highest BCUT2D eigenvalue weighted by molar-refractivity contribution is 7.98. The van der Waals surface area contributed by atoms with Gasteiger partial charge in [-0.25, -0.2) is 0 Å². The summed E-state index contributed by atoms with van der Waals surface area (Å²) >= 11 is 2.76. The molecule has 2 saturated carbocycles. The van der Waals surface area contributed by atoms with Gasteiger partial charge >= 0.3 is 0 Å². The van der Waals surface area contributed by atoms with Crippen LogP contribution in [-0.2, 0) is 69.0 Å². The molecule has 1 aromatic rings. The molecular formula is C76H126N16O17S2. The van der Waals surface area contributed by atoms with Gasteiger partial charge in [-0.1, -0.05) is 71.7 Å². The van der Waals surface area contributed by atoms with E-state index in [2.05, 4.69) is 79.8 Å². The zero-order valence-corrected chi connectivity index (χ0v) is 67.1. The lowest BCUT2D eigenvalue weighted by atomic mass is 9.82. The lowest BCUT2D eigenvalue weighted by molar-refractivity contribution is -0.138. The first-order chi connectivity index (χ1) is 52.8. The van der Waals surface area contributed by atoms with E-state index in [4.69, 9.17) is 5.73 Å². The molecule has 2 bridgehead atoms. The van der Waals surface area contributed by atoms with Gasteiger partial charge in [0, 0.05) is 55.3 Å². The highest BCUT2D eigenvalue weighted by Crippen LogP contribution is 2.33. The number of fused-ring (bicyclic) bond motifs is 3. The number of amides is 12. The fraction of sp³-hybridized carbons (Fsp3) is 0.763. The summed E-state index contributed by atoms with van der Waals surface area (Å²) in [6.45, 7) is 12.6. The Kier molecular flexibility index (Phi) is 37.3. The number of hydrogen-bond acceptors (Lipinski definition) is 23. The number of primary amides is 1. The second kappa shape index (κ2) is 45.3. The van der Waals surface area contributed by atoms with E-state index >= 15 is 9.59 Å². The number of hydrogen-bond donors (Lipinski definition) is 21. The average molecular weight is 1600 g/mol. The molecule has 7 rings (SSSR count). The van der Waals surface area contributed by atoms with E-state index in [0.717, 1.165) is 30.5 Å². The summed E-state index contributed by atoms with van der Waals surface area (Å²) in [6.07, 6.45) is 1.33. The minimum absolute atomic E-state index is 0.00525. The fourth-order valence-corrected chi connectivity index (χ4v) is 17.4. The summed E-state index contributed by atoms with van der Waals surface area (Å²) in [6, 6.07) is -8.36. The summed E-state index contributed by atoms with van der Waals surface area (Å²) in [4.78, 5) is 174. The van der Waals surface area contributed by atoms with Crippen LogP contribution >= 0.6 is 23.5 Å².